The lowest BCUT2D eigenvalue weighted by Gasteiger charge is -2.07. The SMILES string of the molecule is C=CCC1CCC=C1C(=O)O. The molecule has 0 spiro atoms. The van der Waals surface area contributed by atoms with E-state index in [1.54, 1.807) is 6.08 Å². The van der Waals surface area contributed by atoms with Crippen molar-refractivity contribution < 1.29 is 9.90 Å². The van der Waals surface area contributed by atoms with E-state index < -0.39 is 5.97 Å². The number of carboxylic acid groups (broad SMARTS) is 1. The van der Waals surface area contributed by atoms with Crippen LogP contribution in [0.15, 0.2) is 24.3 Å². The molecule has 0 fully saturated rings. The van der Waals surface area contributed by atoms with Crippen molar-refractivity contribution in [2.24, 2.45) is 5.92 Å². The van der Waals surface area contributed by atoms with Crippen LogP contribution in [-0.4, -0.2) is 11.1 Å². The van der Waals surface area contributed by atoms with Gasteiger partial charge in [0.25, 0.3) is 0 Å². The Morgan fingerprint density at radius 3 is 3.18 bits per heavy atom. The molecule has 0 saturated heterocycles. The first-order valence-electron chi connectivity index (χ1n) is 3.80. The van der Waals surface area contributed by atoms with Crippen LogP contribution in [0.3, 0.4) is 0 Å². The standard InChI is InChI=1S/C9H12O2/c1-2-4-7-5-3-6-8(7)9(10)11/h2,6-7H,1,3-5H2,(H,10,11). The maximum absolute atomic E-state index is 10.6. The Morgan fingerprint density at radius 1 is 1.91 bits per heavy atom. The molecular weight excluding hydrogens is 140 g/mol. The van der Waals surface area contributed by atoms with E-state index in [1.807, 2.05) is 6.08 Å². The highest BCUT2D eigenvalue weighted by Gasteiger charge is 2.22. The first kappa shape index (κ1) is 8.05. The summed E-state index contributed by atoms with van der Waals surface area (Å²) in [7, 11) is 0. The molecule has 1 unspecified atom stereocenters. The van der Waals surface area contributed by atoms with E-state index in [1.165, 1.54) is 0 Å². The Bertz CT molecular complexity index is 204. The Balaban J connectivity index is 2.62. The van der Waals surface area contributed by atoms with Crippen LogP contribution >= 0.6 is 0 Å². The average Bonchev–Trinajstić information content (AvgIpc) is 2.36. The third-order valence-electron chi connectivity index (χ3n) is 2.02. The van der Waals surface area contributed by atoms with E-state index in [-0.39, 0.29) is 5.92 Å². The number of allylic oxidation sites excluding steroid dienone is 2. The van der Waals surface area contributed by atoms with Crippen molar-refractivity contribution in [2.75, 3.05) is 0 Å². The molecule has 2 heteroatoms. The molecule has 11 heavy (non-hydrogen) atoms. The third-order valence-corrected chi connectivity index (χ3v) is 2.02. The van der Waals surface area contributed by atoms with Crippen molar-refractivity contribution in [3.05, 3.63) is 24.3 Å². The molecule has 2 nitrogen and oxygen atoms in total. The monoisotopic (exact) mass is 152 g/mol. The maximum atomic E-state index is 10.6. The molecule has 1 aliphatic carbocycles. The van der Waals surface area contributed by atoms with Crippen LogP contribution in [0, 0.1) is 5.92 Å². The second kappa shape index (κ2) is 3.37. The minimum Gasteiger partial charge on any atom is -0.478 e. The van der Waals surface area contributed by atoms with Gasteiger partial charge in [0.2, 0.25) is 0 Å². The molecule has 1 N–H and O–H groups in total. The van der Waals surface area contributed by atoms with E-state index >= 15 is 0 Å². The molecule has 0 saturated carbocycles. The number of hydrogen-bond donors (Lipinski definition) is 1. The molecule has 1 aliphatic rings. The minimum absolute atomic E-state index is 0.213. The summed E-state index contributed by atoms with van der Waals surface area (Å²) in [5, 5.41) is 8.71. The van der Waals surface area contributed by atoms with Crippen molar-refractivity contribution >= 4 is 5.97 Å². The van der Waals surface area contributed by atoms with E-state index in [9.17, 15) is 4.79 Å². The number of aliphatic carboxylic acids is 1. The smallest absolute Gasteiger partial charge is 0.331 e. The quantitative estimate of drug-likeness (QED) is 0.628. The summed E-state index contributed by atoms with van der Waals surface area (Å²) >= 11 is 0. The van der Waals surface area contributed by atoms with Gasteiger partial charge in [-0.05, 0) is 25.2 Å². The maximum Gasteiger partial charge on any atom is 0.331 e. The zero-order valence-electron chi connectivity index (χ0n) is 6.42. The van der Waals surface area contributed by atoms with Crippen molar-refractivity contribution in [1.82, 2.24) is 0 Å². The summed E-state index contributed by atoms with van der Waals surface area (Å²) in [5.74, 6) is -0.556. The molecule has 0 aromatic heterocycles. The molecule has 1 rings (SSSR count). The van der Waals surface area contributed by atoms with Crippen molar-refractivity contribution in [3.8, 4) is 0 Å². The Hall–Kier alpha value is -1.05. The minimum atomic E-state index is -0.769. The van der Waals surface area contributed by atoms with Crippen LogP contribution in [-0.2, 0) is 4.79 Å². The highest BCUT2D eigenvalue weighted by atomic mass is 16.4. The van der Waals surface area contributed by atoms with Crippen LogP contribution in [0.5, 0.6) is 0 Å². The fourth-order valence-electron chi connectivity index (χ4n) is 1.47. The molecule has 0 aliphatic heterocycles. The van der Waals surface area contributed by atoms with Crippen molar-refractivity contribution in [3.63, 3.8) is 0 Å². The summed E-state index contributed by atoms with van der Waals surface area (Å²) in [6.07, 6.45) is 6.26. The van der Waals surface area contributed by atoms with Crippen LogP contribution in [0.1, 0.15) is 19.3 Å². The summed E-state index contributed by atoms with van der Waals surface area (Å²) in [6.45, 7) is 3.60. The van der Waals surface area contributed by atoms with E-state index in [2.05, 4.69) is 6.58 Å². The topological polar surface area (TPSA) is 37.3 Å². The molecule has 0 radical (unpaired) electrons. The number of carbonyl (C=O) groups is 1. The lowest BCUT2D eigenvalue weighted by atomic mass is 9.98. The van der Waals surface area contributed by atoms with Gasteiger partial charge in [-0.3, -0.25) is 0 Å². The van der Waals surface area contributed by atoms with E-state index in [0.29, 0.717) is 5.57 Å². The molecule has 60 valence electrons. The summed E-state index contributed by atoms with van der Waals surface area (Å²) in [4.78, 5) is 10.6. The third kappa shape index (κ3) is 1.70. The first-order chi connectivity index (χ1) is 5.25. The predicted molar refractivity (Wildman–Crippen MR) is 43.3 cm³/mol. The second-order valence-electron chi connectivity index (χ2n) is 2.76. The summed E-state index contributed by atoms with van der Waals surface area (Å²) in [6, 6.07) is 0. The Morgan fingerprint density at radius 2 is 2.64 bits per heavy atom. The lowest BCUT2D eigenvalue weighted by molar-refractivity contribution is -0.133. The second-order valence-corrected chi connectivity index (χ2v) is 2.76. The number of rotatable bonds is 3. The molecule has 0 aromatic rings. The van der Waals surface area contributed by atoms with Gasteiger partial charge in [0, 0.05) is 5.57 Å². The zero-order chi connectivity index (χ0) is 8.27. The van der Waals surface area contributed by atoms with Gasteiger partial charge >= 0.3 is 5.97 Å². The largest absolute Gasteiger partial charge is 0.478 e. The van der Waals surface area contributed by atoms with Gasteiger partial charge < -0.3 is 5.11 Å². The van der Waals surface area contributed by atoms with E-state index in [0.717, 1.165) is 19.3 Å². The highest BCUT2D eigenvalue weighted by molar-refractivity contribution is 5.87. The Kier molecular flexibility index (Phi) is 2.47. The summed E-state index contributed by atoms with van der Waals surface area (Å²) in [5.41, 5.74) is 0.574. The normalized spacial score (nSPS) is 22.9. The van der Waals surface area contributed by atoms with Gasteiger partial charge in [0.05, 0.1) is 0 Å². The van der Waals surface area contributed by atoms with Gasteiger partial charge in [0.15, 0.2) is 0 Å². The van der Waals surface area contributed by atoms with Crippen LogP contribution in [0.2, 0.25) is 0 Å². The van der Waals surface area contributed by atoms with E-state index in [4.69, 9.17) is 5.11 Å². The van der Waals surface area contributed by atoms with Gasteiger partial charge in [0.1, 0.15) is 0 Å². The zero-order valence-corrected chi connectivity index (χ0v) is 6.42. The molecular formula is C9H12O2. The summed E-state index contributed by atoms with van der Waals surface area (Å²) < 4.78 is 0. The average molecular weight is 152 g/mol. The van der Waals surface area contributed by atoms with Gasteiger partial charge in [-0.25, -0.2) is 4.79 Å². The highest BCUT2D eigenvalue weighted by Crippen LogP contribution is 2.28. The number of carboxylic acids is 1. The van der Waals surface area contributed by atoms with Crippen LogP contribution in [0.4, 0.5) is 0 Å². The fraction of sp³-hybridized carbons (Fsp3) is 0.444. The van der Waals surface area contributed by atoms with Crippen molar-refractivity contribution in [2.45, 2.75) is 19.3 Å². The fourth-order valence-corrected chi connectivity index (χ4v) is 1.47. The molecule has 0 bridgehead atoms. The lowest BCUT2D eigenvalue weighted by Crippen LogP contribution is -2.07. The predicted octanol–water partition coefficient (Wildman–Crippen LogP) is 1.98. The van der Waals surface area contributed by atoms with Crippen LogP contribution in [0.25, 0.3) is 0 Å². The molecule has 0 amide bonds. The first-order valence-corrected chi connectivity index (χ1v) is 3.80. The van der Waals surface area contributed by atoms with Gasteiger partial charge in [-0.1, -0.05) is 12.2 Å². The van der Waals surface area contributed by atoms with Gasteiger partial charge in [-0.15, -0.1) is 6.58 Å². The van der Waals surface area contributed by atoms with Crippen LogP contribution < -0.4 is 0 Å². The molecule has 0 heterocycles. The molecule has 0 aromatic carbocycles. The molecule has 1 atom stereocenters. The number of hydrogen-bond acceptors (Lipinski definition) is 1. The Labute approximate surface area is 66.2 Å². The van der Waals surface area contributed by atoms with Gasteiger partial charge in [-0.2, -0.15) is 0 Å². The van der Waals surface area contributed by atoms with Crippen molar-refractivity contribution in [1.29, 1.82) is 0 Å².